The van der Waals surface area contributed by atoms with Crippen LogP contribution in [0.2, 0.25) is 0 Å². The van der Waals surface area contributed by atoms with Crippen molar-refractivity contribution in [3.63, 3.8) is 0 Å². The maximum atomic E-state index is 11.7. The highest BCUT2D eigenvalue weighted by Gasteiger charge is 2.06. The number of aromatic nitrogens is 4. The van der Waals surface area contributed by atoms with Crippen LogP contribution in [0.15, 0.2) is 55.1 Å². The lowest BCUT2D eigenvalue weighted by Gasteiger charge is -2.09. The van der Waals surface area contributed by atoms with Gasteiger partial charge in [-0.1, -0.05) is 6.07 Å². The van der Waals surface area contributed by atoms with Gasteiger partial charge in [-0.3, -0.25) is 14.2 Å². The summed E-state index contributed by atoms with van der Waals surface area (Å²) in [4.78, 5) is 11.7. The van der Waals surface area contributed by atoms with Crippen LogP contribution >= 0.6 is 0 Å². The monoisotopic (exact) mass is 280 g/mol. The minimum Gasteiger partial charge on any atom is -0.295 e. The van der Waals surface area contributed by atoms with Gasteiger partial charge < -0.3 is 0 Å². The molecule has 5 heteroatoms. The number of Topliss-reactive ketones (excluding diaryl/α,β-unsaturated/α-hetero) is 1. The van der Waals surface area contributed by atoms with E-state index in [9.17, 15) is 4.79 Å². The summed E-state index contributed by atoms with van der Waals surface area (Å²) < 4.78 is 3.69. The predicted octanol–water partition coefficient (Wildman–Crippen LogP) is 2.38. The molecule has 0 aliphatic carbocycles. The number of carbonyl (C=O) groups excluding carboxylic acids is 1. The van der Waals surface area contributed by atoms with E-state index in [2.05, 4.69) is 16.3 Å². The van der Waals surface area contributed by atoms with E-state index in [0.29, 0.717) is 13.1 Å². The van der Waals surface area contributed by atoms with Gasteiger partial charge in [-0.15, -0.1) is 0 Å². The van der Waals surface area contributed by atoms with Crippen molar-refractivity contribution in [1.29, 1.82) is 0 Å². The third kappa shape index (κ3) is 3.25. The second kappa shape index (κ2) is 5.75. The third-order valence-electron chi connectivity index (χ3n) is 3.27. The number of ketones is 1. The first-order valence-electron chi connectivity index (χ1n) is 6.79. The average molecular weight is 280 g/mol. The number of rotatable bonds is 5. The molecular weight excluding hydrogens is 264 g/mol. The van der Waals surface area contributed by atoms with Crippen LogP contribution in [0.1, 0.15) is 28.4 Å². The van der Waals surface area contributed by atoms with Gasteiger partial charge in [-0.05, 0) is 42.3 Å². The zero-order valence-corrected chi connectivity index (χ0v) is 11.8. The molecule has 0 aliphatic rings. The molecule has 3 aromatic rings. The SMILES string of the molecule is CC(=O)c1cc(Cn2cccn2)cc(Cn2cccn2)c1. The van der Waals surface area contributed by atoms with Crippen molar-refractivity contribution in [2.45, 2.75) is 20.0 Å². The normalized spacial score (nSPS) is 10.7. The highest BCUT2D eigenvalue weighted by molar-refractivity contribution is 5.94. The average Bonchev–Trinajstić information content (AvgIpc) is 3.12. The van der Waals surface area contributed by atoms with Crippen molar-refractivity contribution in [3.8, 4) is 0 Å². The van der Waals surface area contributed by atoms with Crippen molar-refractivity contribution >= 4 is 5.78 Å². The number of hydrogen-bond donors (Lipinski definition) is 0. The largest absolute Gasteiger partial charge is 0.295 e. The van der Waals surface area contributed by atoms with Gasteiger partial charge in [0.25, 0.3) is 0 Å². The van der Waals surface area contributed by atoms with Crippen LogP contribution in [0.5, 0.6) is 0 Å². The maximum absolute atomic E-state index is 11.7. The van der Waals surface area contributed by atoms with Gasteiger partial charge in [-0.25, -0.2) is 0 Å². The Morgan fingerprint density at radius 1 is 0.952 bits per heavy atom. The Kier molecular flexibility index (Phi) is 3.64. The summed E-state index contributed by atoms with van der Waals surface area (Å²) in [5, 5.41) is 8.41. The van der Waals surface area contributed by atoms with Crippen LogP contribution in [0.3, 0.4) is 0 Å². The molecule has 106 valence electrons. The van der Waals surface area contributed by atoms with E-state index >= 15 is 0 Å². The minimum atomic E-state index is 0.0685. The summed E-state index contributed by atoms with van der Waals surface area (Å²) in [5.41, 5.74) is 2.85. The van der Waals surface area contributed by atoms with Crippen LogP contribution in [-0.4, -0.2) is 25.3 Å². The quantitative estimate of drug-likeness (QED) is 0.674. The Bertz CT molecular complexity index is 675. The highest BCUT2D eigenvalue weighted by Crippen LogP contribution is 2.14. The Morgan fingerprint density at radius 2 is 1.48 bits per heavy atom. The van der Waals surface area contributed by atoms with Crippen molar-refractivity contribution in [1.82, 2.24) is 19.6 Å². The topological polar surface area (TPSA) is 52.7 Å². The molecule has 0 aliphatic heterocycles. The van der Waals surface area contributed by atoms with Gasteiger partial charge >= 0.3 is 0 Å². The fraction of sp³-hybridized carbons (Fsp3) is 0.188. The Hall–Kier alpha value is -2.69. The smallest absolute Gasteiger partial charge is 0.159 e. The van der Waals surface area contributed by atoms with Crippen molar-refractivity contribution < 1.29 is 4.79 Å². The lowest BCUT2D eigenvalue weighted by Crippen LogP contribution is -2.06. The summed E-state index contributed by atoms with van der Waals surface area (Å²) in [7, 11) is 0. The number of hydrogen-bond acceptors (Lipinski definition) is 3. The number of nitrogens with zero attached hydrogens (tertiary/aromatic N) is 4. The summed E-state index contributed by atoms with van der Waals surface area (Å²) in [6.45, 7) is 2.89. The third-order valence-corrected chi connectivity index (χ3v) is 3.27. The van der Waals surface area contributed by atoms with E-state index in [1.807, 2.05) is 46.0 Å². The minimum absolute atomic E-state index is 0.0685. The fourth-order valence-electron chi connectivity index (χ4n) is 2.31. The Morgan fingerprint density at radius 3 is 1.86 bits per heavy atom. The van der Waals surface area contributed by atoms with Gasteiger partial charge in [0.15, 0.2) is 5.78 Å². The molecule has 3 rings (SSSR count). The van der Waals surface area contributed by atoms with E-state index in [0.717, 1.165) is 16.7 Å². The second-order valence-electron chi connectivity index (χ2n) is 5.00. The molecule has 0 radical (unpaired) electrons. The Balaban J connectivity index is 1.91. The maximum Gasteiger partial charge on any atom is 0.159 e. The molecule has 0 spiro atoms. The summed E-state index contributed by atoms with van der Waals surface area (Å²) in [5.74, 6) is 0.0685. The molecule has 1 aromatic carbocycles. The first kappa shape index (κ1) is 13.3. The second-order valence-corrected chi connectivity index (χ2v) is 5.00. The molecule has 0 amide bonds. The summed E-state index contributed by atoms with van der Waals surface area (Å²) in [6.07, 6.45) is 7.32. The summed E-state index contributed by atoms with van der Waals surface area (Å²) in [6, 6.07) is 9.72. The van der Waals surface area contributed by atoms with Crippen LogP contribution in [0, 0.1) is 0 Å². The van der Waals surface area contributed by atoms with E-state index in [1.165, 1.54) is 0 Å². The van der Waals surface area contributed by atoms with Crippen LogP contribution in [0.25, 0.3) is 0 Å². The van der Waals surface area contributed by atoms with Gasteiger partial charge in [-0.2, -0.15) is 10.2 Å². The van der Waals surface area contributed by atoms with Crippen molar-refractivity contribution in [2.24, 2.45) is 0 Å². The molecule has 21 heavy (non-hydrogen) atoms. The van der Waals surface area contributed by atoms with E-state index in [-0.39, 0.29) is 5.78 Å². The highest BCUT2D eigenvalue weighted by atomic mass is 16.1. The van der Waals surface area contributed by atoms with E-state index < -0.39 is 0 Å². The van der Waals surface area contributed by atoms with E-state index in [1.54, 1.807) is 19.3 Å². The van der Waals surface area contributed by atoms with Crippen LogP contribution in [-0.2, 0) is 13.1 Å². The first-order valence-corrected chi connectivity index (χ1v) is 6.79. The molecule has 0 saturated heterocycles. The molecule has 0 saturated carbocycles. The van der Waals surface area contributed by atoms with Crippen LogP contribution in [0.4, 0.5) is 0 Å². The lowest BCUT2D eigenvalue weighted by molar-refractivity contribution is 0.101. The molecule has 0 fully saturated rings. The molecule has 0 bridgehead atoms. The van der Waals surface area contributed by atoms with Crippen molar-refractivity contribution in [3.05, 3.63) is 71.8 Å². The number of benzene rings is 1. The zero-order valence-electron chi connectivity index (χ0n) is 11.8. The van der Waals surface area contributed by atoms with Crippen molar-refractivity contribution in [2.75, 3.05) is 0 Å². The molecule has 0 N–H and O–H groups in total. The first-order chi connectivity index (χ1) is 10.2. The van der Waals surface area contributed by atoms with Gasteiger partial charge in [0, 0.05) is 30.4 Å². The van der Waals surface area contributed by atoms with Gasteiger partial charge in [0.2, 0.25) is 0 Å². The molecule has 2 heterocycles. The molecular formula is C16H16N4O. The lowest BCUT2D eigenvalue weighted by atomic mass is 10.0. The van der Waals surface area contributed by atoms with Crippen LogP contribution < -0.4 is 0 Å². The predicted molar refractivity (Wildman–Crippen MR) is 79.1 cm³/mol. The molecule has 5 nitrogen and oxygen atoms in total. The Labute approximate surface area is 122 Å². The molecule has 0 atom stereocenters. The standard InChI is InChI=1S/C16H16N4O/c1-13(21)16-9-14(11-19-6-2-4-17-19)8-15(10-16)12-20-7-3-5-18-20/h2-10H,11-12H2,1H3. The molecule has 0 unspecified atom stereocenters. The number of carbonyl (C=O) groups is 1. The summed E-state index contributed by atoms with van der Waals surface area (Å²) >= 11 is 0. The zero-order chi connectivity index (χ0) is 14.7. The fourth-order valence-corrected chi connectivity index (χ4v) is 2.31. The van der Waals surface area contributed by atoms with E-state index in [4.69, 9.17) is 0 Å². The van der Waals surface area contributed by atoms with Gasteiger partial charge in [0.05, 0.1) is 13.1 Å². The molecule has 2 aromatic heterocycles. The van der Waals surface area contributed by atoms with Gasteiger partial charge in [0.1, 0.15) is 0 Å².